The zero-order chi connectivity index (χ0) is 23.1. The number of nitro groups is 1. The highest BCUT2D eigenvalue weighted by atomic mass is 16.7. The van der Waals surface area contributed by atoms with Crippen molar-refractivity contribution in [2.24, 2.45) is 5.16 Å². The summed E-state index contributed by atoms with van der Waals surface area (Å²) in [4.78, 5) is 40.6. The van der Waals surface area contributed by atoms with Crippen LogP contribution in [0.15, 0.2) is 59.9 Å². The van der Waals surface area contributed by atoms with Crippen molar-refractivity contribution in [3.05, 3.63) is 70.4 Å². The van der Waals surface area contributed by atoms with Crippen LogP contribution in [0.3, 0.4) is 0 Å². The van der Waals surface area contributed by atoms with Crippen molar-refractivity contribution in [2.75, 3.05) is 0 Å². The van der Waals surface area contributed by atoms with Crippen molar-refractivity contribution >= 4 is 34.1 Å². The molecular weight excluding hydrogens is 410 g/mol. The molecule has 0 aliphatic heterocycles. The van der Waals surface area contributed by atoms with E-state index in [2.05, 4.69) is 12.1 Å². The zero-order valence-electron chi connectivity index (χ0n) is 18.1. The number of fused-ring (bicyclic) bond motifs is 1. The Labute approximate surface area is 185 Å². The lowest BCUT2D eigenvalue weighted by Gasteiger charge is -2.06. The fraction of sp³-hybridized carbons (Fsp3) is 0.292. The molecule has 0 amide bonds. The maximum atomic E-state index is 13.4. The predicted octanol–water partition coefficient (Wildman–Crippen LogP) is 5.61. The molecule has 166 valence electrons. The molecule has 0 aliphatic rings. The van der Waals surface area contributed by atoms with Gasteiger partial charge in [0.15, 0.2) is 0 Å². The Morgan fingerprint density at radius 2 is 1.78 bits per heavy atom. The van der Waals surface area contributed by atoms with E-state index >= 15 is 0 Å². The minimum atomic E-state index is -0.605. The number of ketones is 1. The number of nitrogens with zero attached hydrogens (tertiary/aromatic N) is 3. The lowest BCUT2D eigenvalue weighted by molar-refractivity contribution is -0.384. The van der Waals surface area contributed by atoms with Crippen LogP contribution >= 0.6 is 0 Å². The summed E-state index contributed by atoms with van der Waals surface area (Å²) in [5.74, 6) is -0.970. The normalized spacial score (nSPS) is 11.5. The maximum absolute atomic E-state index is 13.4. The van der Waals surface area contributed by atoms with E-state index in [1.807, 2.05) is 0 Å². The van der Waals surface area contributed by atoms with Gasteiger partial charge in [-0.2, -0.15) is 0 Å². The zero-order valence-corrected chi connectivity index (χ0v) is 18.1. The van der Waals surface area contributed by atoms with Gasteiger partial charge in [0.25, 0.3) is 5.69 Å². The van der Waals surface area contributed by atoms with Crippen LogP contribution in [0.25, 0.3) is 16.6 Å². The second-order valence-corrected chi connectivity index (χ2v) is 7.44. The average Bonchev–Trinajstić information content (AvgIpc) is 3.17. The first kappa shape index (κ1) is 22.9. The Kier molecular flexibility index (Phi) is 7.49. The molecule has 0 unspecified atom stereocenters. The van der Waals surface area contributed by atoms with Gasteiger partial charge in [0.05, 0.1) is 10.4 Å². The van der Waals surface area contributed by atoms with Crippen LogP contribution < -0.4 is 0 Å². The maximum Gasteiger partial charge on any atom is 0.331 e. The van der Waals surface area contributed by atoms with E-state index in [9.17, 15) is 19.7 Å². The van der Waals surface area contributed by atoms with E-state index in [0.717, 1.165) is 25.7 Å². The second-order valence-electron chi connectivity index (χ2n) is 7.44. The number of para-hydroxylation sites is 3. The van der Waals surface area contributed by atoms with Crippen LogP contribution in [0.4, 0.5) is 5.69 Å². The van der Waals surface area contributed by atoms with Crippen molar-refractivity contribution in [3.8, 4) is 5.69 Å². The van der Waals surface area contributed by atoms with Crippen molar-refractivity contribution in [3.63, 3.8) is 0 Å². The third-order valence-electron chi connectivity index (χ3n) is 5.11. The number of aromatic nitrogens is 1. The highest BCUT2D eigenvalue weighted by Crippen LogP contribution is 2.30. The molecule has 1 aromatic heterocycles. The number of carbonyl (C=O) groups excluding carboxylic acids is 2. The monoisotopic (exact) mass is 435 g/mol. The molecule has 0 saturated heterocycles. The fourth-order valence-electron chi connectivity index (χ4n) is 3.58. The van der Waals surface area contributed by atoms with Crippen LogP contribution in [-0.2, 0) is 9.63 Å². The highest BCUT2D eigenvalue weighted by molar-refractivity contribution is 6.47. The molecule has 2 aromatic carbocycles. The molecule has 0 bridgehead atoms. The fourth-order valence-corrected chi connectivity index (χ4v) is 3.58. The van der Waals surface area contributed by atoms with Crippen LogP contribution in [0, 0.1) is 10.1 Å². The molecule has 8 heteroatoms. The highest BCUT2D eigenvalue weighted by Gasteiger charge is 2.23. The van der Waals surface area contributed by atoms with Gasteiger partial charge < -0.3 is 9.40 Å². The van der Waals surface area contributed by atoms with Gasteiger partial charge in [-0.25, -0.2) is 4.79 Å². The van der Waals surface area contributed by atoms with Gasteiger partial charge >= 0.3 is 5.97 Å². The molecule has 0 N–H and O–H groups in total. The van der Waals surface area contributed by atoms with Crippen molar-refractivity contribution in [2.45, 2.75) is 46.0 Å². The van der Waals surface area contributed by atoms with Crippen LogP contribution in [0.2, 0.25) is 0 Å². The van der Waals surface area contributed by atoms with Crippen molar-refractivity contribution < 1.29 is 19.3 Å². The molecule has 0 atom stereocenters. The molecule has 0 aliphatic carbocycles. The number of Topliss-reactive ketones (excluding diaryl/α,β-unsaturated/α-hetero) is 1. The van der Waals surface area contributed by atoms with Gasteiger partial charge in [-0.1, -0.05) is 61.7 Å². The van der Waals surface area contributed by atoms with E-state index in [1.165, 1.54) is 13.0 Å². The summed E-state index contributed by atoms with van der Waals surface area (Å²) in [7, 11) is 0. The third kappa shape index (κ3) is 5.08. The number of benzene rings is 2. The summed E-state index contributed by atoms with van der Waals surface area (Å²) >= 11 is 0. The summed E-state index contributed by atoms with van der Waals surface area (Å²) in [5, 5.41) is 16.0. The SMILES string of the molecule is CCCCCC/C(=N\OC(C)=O)C(=O)c1cn(-c2ccccc2[N+](=O)[O-])c2ccccc12. The first-order valence-electron chi connectivity index (χ1n) is 10.6. The number of hydrogen-bond acceptors (Lipinski definition) is 6. The van der Waals surface area contributed by atoms with Crippen molar-refractivity contribution in [1.82, 2.24) is 4.57 Å². The minimum absolute atomic E-state index is 0.0689. The molecule has 3 rings (SSSR count). The first-order valence-corrected chi connectivity index (χ1v) is 10.6. The molecule has 3 aromatic rings. The Morgan fingerprint density at radius 3 is 2.50 bits per heavy atom. The lowest BCUT2D eigenvalue weighted by Crippen LogP contribution is -2.15. The largest absolute Gasteiger partial charge is 0.331 e. The standard InChI is InChI=1S/C24H25N3O5/c1-3-4-5-6-12-20(25-32-17(2)28)24(29)19-16-26(21-13-8-7-11-18(19)21)22-14-9-10-15-23(22)27(30)31/h7-11,13-16H,3-6,12H2,1-2H3/b25-20+. The van der Waals surface area contributed by atoms with Gasteiger partial charge in [0.2, 0.25) is 5.78 Å². The van der Waals surface area contributed by atoms with Gasteiger partial charge in [-0.15, -0.1) is 0 Å². The number of unbranched alkanes of at least 4 members (excludes halogenated alkanes) is 3. The van der Waals surface area contributed by atoms with E-state index in [4.69, 9.17) is 4.84 Å². The Hall–Kier alpha value is -3.81. The summed E-state index contributed by atoms with van der Waals surface area (Å²) in [6.07, 6.45) is 5.71. The number of hydrogen-bond donors (Lipinski definition) is 0. The number of carbonyl (C=O) groups is 2. The molecule has 8 nitrogen and oxygen atoms in total. The summed E-state index contributed by atoms with van der Waals surface area (Å²) < 4.78 is 1.64. The van der Waals surface area contributed by atoms with Crippen LogP contribution in [0.5, 0.6) is 0 Å². The van der Waals surface area contributed by atoms with Gasteiger partial charge in [0, 0.05) is 30.1 Å². The Bertz CT molecular complexity index is 1180. The smallest absolute Gasteiger partial charge is 0.318 e. The Morgan fingerprint density at radius 1 is 1.06 bits per heavy atom. The third-order valence-corrected chi connectivity index (χ3v) is 5.11. The molecule has 0 spiro atoms. The van der Waals surface area contributed by atoms with Gasteiger partial charge in [-0.3, -0.25) is 14.9 Å². The quantitative estimate of drug-likeness (QED) is 0.103. The van der Waals surface area contributed by atoms with E-state index in [0.29, 0.717) is 28.6 Å². The molecule has 0 saturated carbocycles. The van der Waals surface area contributed by atoms with Gasteiger partial charge in [-0.05, 0) is 25.0 Å². The summed E-state index contributed by atoms with van der Waals surface area (Å²) in [6, 6.07) is 13.6. The van der Waals surface area contributed by atoms with Crippen molar-refractivity contribution in [1.29, 1.82) is 0 Å². The topological polar surface area (TPSA) is 104 Å². The number of nitro benzene ring substituents is 1. The molecule has 32 heavy (non-hydrogen) atoms. The summed E-state index contributed by atoms with van der Waals surface area (Å²) in [6.45, 7) is 3.32. The Balaban J connectivity index is 2.08. The van der Waals surface area contributed by atoms with Crippen LogP contribution in [-0.4, -0.2) is 27.0 Å². The summed E-state index contributed by atoms with van der Waals surface area (Å²) in [5.41, 5.74) is 1.44. The van der Waals surface area contributed by atoms with Gasteiger partial charge in [0.1, 0.15) is 11.4 Å². The number of rotatable bonds is 10. The molecule has 0 radical (unpaired) electrons. The predicted molar refractivity (Wildman–Crippen MR) is 122 cm³/mol. The minimum Gasteiger partial charge on any atom is -0.318 e. The number of oxime groups is 1. The lowest BCUT2D eigenvalue weighted by atomic mass is 10.0. The molecule has 1 heterocycles. The second kappa shape index (κ2) is 10.5. The molecule has 0 fully saturated rings. The molecular formula is C24H25N3O5. The van der Waals surface area contributed by atoms with E-state index in [-0.39, 0.29) is 17.2 Å². The van der Waals surface area contributed by atoms with E-state index < -0.39 is 10.9 Å². The van der Waals surface area contributed by atoms with Crippen LogP contribution in [0.1, 0.15) is 56.3 Å². The first-order chi connectivity index (χ1) is 15.4. The average molecular weight is 435 g/mol. The van der Waals surface area contributed by atoms with E-state index in [1.54, 1.807) is 53.2 Å².